The molecule has 2 N–H and O–H groups in total. The number of nitrogens with zero attached hydrogens (tertiary/aromatic N) is 1. The Morgan fingerprint density at radius 1 is 1.13 bits per heavy atom. The molecule has 0 aromatic heterocycles. The maximum Gasteiger partial charge on any atom is 0.336 e. The summed E-state index contributed by atoms with van der Waals surface area (Å²) in [5.74, 6) is -6.33. The van der Waals surface area contributed by atoms with Gasteiger partial charge in [-0.3, -0.25) is 0 Å². The number of fused-ring (bicyclic) bond motifs is 1. The van der Waals surface area contributed by atoms with Crippen LogP contribution in [0.3, 0.4) is 0 Å². The Kier molecular flexibility index (Phi) is 4.89. The van der Waals surface area contributed by atoms with E-state index in [1.165, 1.54) is 6.07 Å². The van der Waals surface area contributed by atoms with E-state index < -0.39 is 45.9 Å². The highest BCUT2D eigenvalue weighted by atomic mass is 79.9. The molecule has 9 heteroatoms. The Morgan fingerprint density at radius 3 is 2.37 bits per heavy atom. The van der Waals surface area contributed by atoms with Crippen molar-refractivity contribution in [2.24, 2.45) is 11.3 Å². The van der Waals surface area contributed by atoms with E-state index in [0.717, 1.165) is 25.2 Å². The van der Waals surface area contributed by atoms with Gasteiger partial charge in [0.25, 0.3) is 0 Å². The molecule has 162 valence electrons. The van der Waals surface area contributed by atoms with Gasteiger partial charge in [0.15, 0.2) is 11.6 Å². The van der Waals surface area contributed by atoms with E-state index >= 15 is 4.39 Å². The van der Waals surface area contributed by atoms with Crippen LogP contribution >= 0.6 is 15.9 Å². The van der Waals surface area contributed by atoms with Crippen molar-refractivity contribution in [3.8, 4) is 5.75 Å². The van der Waals surface area contributed by atoms with Gasteiger partial charge in [0.05, 0.1) is 11.0 Å². The molecule has 2 bridgehead atoms. The molecule has 1 fully saturated rings. The average Bonchev–Trinajstić information content (AvgIpc) is 2.80. The molecule has 3 aliphatic rings. The van der Waals surface area contributed by atoms with Crippen LogP contribution in [0.1, 0.15) is 37.8 Å². The second kappa shape index (κ2) is 6.85. The van der Waals surface area contributed by atoms with Crippen LogP contribution in [0.4, 0.5) is 4.39 Å². The summed E-state index contributed by atoms with van der Waals surface area (Å²) in [7, 11) is 1.98. The quantitative estimate of drug-likeness (QED) is 0.467. The highest BCUT2D eigenvalue weighted by Gasteiger charge is 2.71. The Balaban J connectivity index is 2.02. The smallest absolute Gasteiger partial charge is 0.336 e. The number of benzene rings is 1. The number of halogens is 2. The molecule has 7 nitrogen and oxygen atoms in total. The molecular formula is C21H23BrFNO6. The minimum atomic E-state index is -2.49. The predicted molar refractivity (Wildman–Crippen MR) is 107 cm³/mol. The molecule has 0 saturated carbocycles. The third-order valence-corrected chi connectivity index (χ3v) is 7.45. The van der Waals surface area contributed by atoms with Gasteiger partial charge in [0.2, 0.25) is 5.79 Å². The van der Waals surface area contributed by atoms with Gasteiger partial charge in [-0.15, -0.1) is 0 Å². The summed E-state index contributed by atoms with van der Waals surface area (Å²) in [6, 6.07) is 1.26. The zero-order valence-corrected chi connectivity index (χ0v) is 18.5. The largest absolute Gasteiger partial charge is 0.425 e. The molecule has 4 rings (SSSR count). The Hall–Kier alpha value is -1.81. The number of carbonyl (C=O) groups is 2. The highest BCUT2D eigenvalue weighted by Crippen LogP contribution is 2.66. The summed E-state index contributed by atoms with van der Waals surface area (Å²) >= 11 is 3.37. The minimum absolute atomic E-state index is 0.110. The molecule has 1 aliphatic carbocycles. The van der Waals surface area contributed by atoms with Crippen molar-refractivity contribution in [2.75, 3.05) is 20.1 Å². The van der Waals surface area contributed by atoms with Gasteiger partial charge in [-0.2, -0.15) is 0 Å². The van der Waals surface area contributed by atoms with E-state index in [-0.39, 0.29) is 16.0 Å². The summed E-state index contributed by atoms with van der Waals surface area (Å²) in [6.45, 7) is 4.53. The second-order valence-electron chi connectivity index (χ2n) is 8.71. The zero-order valence-electron chi connectivity index (χ0n) is 16.9. The summed E-state index contributed by atoms with van der Waals surface area (Å²) in [6.07, 6.45) is 2.81. The van der Waals surface area contributed by atoms with Gasteiger partial charge >= 0.3 is 11.9 Å². The molecule has 2 unspecified atom stereocenters. The zero-order chi connectivity index (χ0) is 22.1. The maximum absolute atomic E-state index is 15.6. The first-order valence-electron chi connectivity index (χ1n) is 9.72. The average molecular weight is 484 g/mol. The lowest BCUT2D eigenvalue weighted by atomic mass is 9.64. The third kappa shape index (κ3) is 2.72. The number of hydrogen-bond acceptors (Lipinski definition) is 7. The monoisotopic (exact) mass is 483 g/mol. The molecule has 30 heavy (non-hydrogen) atoms. The van der Waals surface area contributed by atoms with Crippen molar-refractivity contribution in [1.29, 1.82) is 0 Å². The van der Waals surface area contributed by atoms with E-state index in [4.69, 9.17) is 9.47 Å². The van der Waals surface area contributed by atoms with Gasteiger partial charge in [-0.05, 0) is 45.0 Å². The van der Waals surface area contributed by atoms with Crippen molar-refractivity contribution < 1.29 is 33.7 Å². The normalized spacial score (nSPS) is 32.5. The third-order valence-electron chi connectivity index (χ3n) is 6.83. The first kappa shape index (κ1) is 21.4. The standard InChI is InChI=1S/C21H23BrFNO6/c1-19(2)20(27,11-6-8-24(3)9-7-11)16-12(22)10-13-18(23)17(16)21(19,28)30-15(26)5-4-14(25)29-13/h4-5,10-11,27-28H,6-9H2,1-3H3/b5-4+. The number of piperidine rings is 1. The lowest BCUT2D eigenvalue weighted by molar-refractivity contribution is -0.299. The van der Waals surface area contributed by atoms with Crippen molar-refractivity contribution in [3.05, 3.63) is 39.6 Å². The van der Waals surface area contributed by atoms with E-state index in [9.17, 15) is 19.8 Å². The Morgan fingerprint density at radius 2 is 1.73 bits per heavy atom. The van der Waals surface area contributed by atoms with Gasteiger partial charge in [0, 0.05) is 22.2 Å². The summed E-state index contributed by atoms with van der Waals surface area (Å²) in [5, 5.41) is 23.8. The number of aliphatic hydroxyl groups is 2. The number of rotatable bonds is 1. The lowest BCUT2D eigenvalue weighted by Crippen LogP contribution is -2.55. The molecule has 1 aromatic rings. The van der Waals surface area contributed by atoms with E-state index in [2.05, 4.69) is 20.8 Å². The van der Waals surface area contributed by atoms with Crippen LogP contribution in [-0.2, 0) is 25.7 Å². The molecule has 2 aliphatic heterocycles. The number of esters is 2. The minimum Gasteiger partial charge on any atom is -0.425 e. The highest BCUT2D eigenvalue weighted by molar-refractivity contribution is 9.10. The van der Waals surface area contributed by atoms with E-state index in [1.807, 2.05) is 7.05 Å². The molecule has 2 heterocycles. The first-order valence-corrected chi connectivity index (χ1v) is 10.5. The van der Waals surface area contributed by atoms with Crippen LogP contribution in [0.25, 0.3) is 0 Å². The number of ether oxygens (including phenoxy) is 2. The van der Waals surface area contributed by atoms with Crippen LogP contribution in [0.15, 0.2) is 22.7 Å². The van der Waals surface area contributed by atoms with Crippen LogP contribution in [0.5, 0.6) is 5.75 Å². The maximum atomic E-state index is 15.6. The van der Waals surface area contributed by atoms with Crippen LogP contribution in [0, 0.1) is 17.2 Å². The first-order chi connectivity index (χ1) is 13.9. The molecule has 0 radical (unpaired) electrons. The predicted octanol–water partition coefficient (Wildman–Crippen LogP) is 2.32. The molecule has 0 spiro atoms. The van der Waals surface area contributed by atoms with E-state index in [1.54, 1.807) is 13.8 Å². The molecule has 2 atom stereocenters. The van der Waals surface area contributed by atoms with Gasteiger partial charge in [0.1, 0.15) is 5.60 Å². The van der Waals surface area contributed by atoms with Gasteiger partial charge < -0.3 is 24.6 Å². The molecule has 1 aromatic carbocycles. The van der Waals surface area contributed by atoms with Crippen LogP contribution in [-0.4, -0.2) is 47.2 Å². The van der Waals surface area contributed by atoms with Gasteiger partial charge in [-0.25, -0.2) is 14.0 Å². The number of likely N-dealkylation sites (tertiary alicyclic amines) is 1. The summed E-state index contributed by atoms with van der Waals surface area (Å²) in [4.78, 5) is 26.4. The SMILES string of the molecule is CN1CCC(C2(O)c3c(Br)cc4c(F)c3C(O)(OC(=O)/C=C/C(=O)O4)C2(C)C)CC1. The second-order valence-corrected chi connectivity index (χ2v) is 9.56. The fourth-order valence-electron chi connectivity index (χ4n) is 5.03. The van der Waals surface area contributed by atoms with Crippen molar-refractivity contribution in [2.45, 2.75) is 38.1 Å². The van der Waals surface area contributed by atoms with Gasteiger partial charge in [-0.1, -0.05) is 29.8 Å². The lowest BCUT2D eigenvalue weighted by Gasteiger charge is -2.49. The van der Waals surface area contributed by atoms with Crippen molar-refractivity contribution in [1.82, 2.24) is 4.90 Å². The van der Waals surface area contributed by atoms with Crippen molar-refractivity contribution >= 4 is 27.9 Å². The summed E-state index contributed by atoms with van der Waals surface area (Å²) in [5.41, 5.74) is -3.52. The topological polar surface area (TPSA) is 96.3 Å². The Labute approximate surface area is 181 Å². The van der Waals surface area contributed by atoms with Crippen molar-refractivity contribution in [3.63, 3.8) is 0 Å². The number of carbonyl (C=O) groups excluding carboxylic acids is 2. The van der Waals surface area contributed by atoms with Crippen LogP contribution in [0.2, 0.25) is 0 Å². The molecule has 1 saturated heterocycles. The number of hydrogen-bond donors (Lipinski definition) is 2. The fourth-order valence-corrected chi connectivity index (χ4v) is 5.74. The molecule has 0 amide bonds. The molecular weight excluding hydrogens is 461 g/mol. The summed E-state index contributed by atoms with van der Waals surface area (Å²) < 4.78 is 26.2. The van der Waals surface area contributed by atoms with E-state index in [0.29, 0.717) is 12.8 Å². The van der Waals surface area contributed by atoms with Crippen LogP contribution < -0.4 is 4.74 Å². The fraction of sp³-hybridized carbons (Fsp3) is 0.524. The Bertz CT molecular complexity index is 971.